The van der Waals surface area contributed by atoms with Gasteiger partial charge in [0.25, 0.3) is 0 Å². The van der Waals surface area contributed by atoms with Gasteiger partial charge < -0.3 is 4.90 Å². The molecule has 0 bridgehead atoms. The van der Waals surface area contributed by atoms with Crippen molar-refractivity contribution in [2.75, 3.05) is 13.1 Å². The molecule has 1 saturated heterocycles. The van der Waals surface area contributed by atoms with Crippen LogP contribution in [0.1, 0.15) is 51.9 Å². The van der Waals surface area contributed by atoms with Gasteiger partial charge in [0, 0.05) is 6.04 Å². The van der Waals surface area contributed by atoms with E-state index in [0.29, 0.717) is 0 Å². The molecule has 0 aromatic rings. The highest BCUT2D eigenvalue weighted by Gasteiger charge is 2.29. The Morgan fingerprint density at radius 1 is 1.00 bits per heavy atom. The molecule has 0 spiro atoms. The molecular formula is C12H23N. The molecule has 0 aromatic carbocycles. The van der Waals surface area contributed by atoms with Crippen molar-refractivity contribution in [1.29, 1.82) is 0 Å². The summed E-state index contributed by atoms with van der Waals surface area (Å²) in [6.45, 7) is 5.15. The summed E-state index contributed by atoms with van der Waals surface area (Å²) in [6.07, 6.45) is 10.3. The van der Waals surface area contributed by atoms with Gasteiger partial charge >= 0.3 is 0 Å². The lowest BCUT2D eigenvalue weighted by Gasteiger charge is -2.37. The van der Waals surface area contributed by atoms with Crippen LogP contribution in [0.3, 0.4) is 0 Å². The molecule has 2 atom stereocenters. The van der Waals surface area contributed by atoms with E-state index in [4.69, 9.17) is 0 Å². The molecular weight excluding hydrogens is 158 g/mol. The first kappa shape index (κ1) is 9.51. The molecule has 0 aromatic heterocycles. The minimum atomic E-state index is 0.959. The number of hydrogen-bond acceptors (Lipinski definition) is 1. The summed E-state index contributed by atoms with van der Waals surface area (Å²) in [5.74, 6) is 1.02. The van der Waals surface area contributed by atoms with Gasteiger partial charge in [-0.2, -0.15) is 0 Å². The lowest BCUT2D eigenvalue weighted by molar-refractivity contribution is 0.125. The molecule has 1 nitrogen and oxygen atoms in total. The van der Waals surface area contributed by atoms with Crippen LogP contribution in [0.25, 0.3) is 0 Å². The van der Waals surface area contributed by atoms with Crippen LogP contribution < -0.4 is 0 Å². The van der Waals surface area contributed by atoms with Gasteiger partial charge in [-0.05, 0) is 44.7 Å². The molecule has 0 unspecified atom stereocenters. The Morgan fingerprint density at radius 3 is 2.38 bits per heavy atom. The Hall–Kier alpha value is -0.0400. The van der Waals surface area contributed by atoms with Crippen molar-refractivity contribution in [2.45, 2.75) is 57.9 Å². The van der Waals surface area contributed by atoms with E-state index in [1.165, 1.54) is 58.0 Å². The number of rotatable bonds is 2. The van der Waals surface area contributed by atoms with E-state index < -0.39 is 0 Å². The smallest absolute Gasteiger partial charge is 0.0123 e. The summed E-state index contributed by atoms with van der Waals surface area (Å²) in [7, 11) is 0. The minimum absolute atomic E-state index is 0.959. The van der Waals surface area contributed by atoms with Crippen LogP contribution in [-0.4, -0.2) is 24.0 Å². The van der Waals surface area contributed by atoms with Crippen molar-refractivity contribution in [1.82, 2.24) is 4.90 Å². The summed E-state index contributed by atoms with van der Waals surface area (Å²) in [6, 6.07) is 0.959. The Bertz CT molecular complexity index is 147. The molecule has 0 radical (unpaired) electrons. The second kappa shape index (κ2) is 4.45. The van der Waals surface area contributed by atoms with Crippen LogP contribution in [0.15, 0.2) is 0 Å². The van der Waals surface area contributed by atoms with E-state index in [0.717, 1.165) is 12.0 Å². The molecule has 1 heterocycles. The molecule has 0 amide bonds. The number of likely N-dealkylation sites (tertiary alicyclic amines) is 1. The first-order valence-electron chi connectivity index (χ1n) is 6.16. The third-order valence-electron chi connectivity index (χ3n) is 4.00. The van der Waals surface area contributed by atoms with Crippen molar-refractivity contribution < 1.29 is 0 Å². The molecule has 1 aliphatic carbocycles. The van der Waals surface area contributed by atoms with E-state index in [-0.39, 0.29) is 0 Å². The summed E-state index contributed by atoms with van der Waals surface area (Å²) >= 11 is 0. The van der Waals surface area contributed by atoms with E-state index in [2.05, 4.69) is 11.8 Å². The quantitative estimate of drug-likeness (QED) is 0.633. The average molecular weight is 181 g/mol. The number of hydrogen-bond donors (Lipinski definition) is 0. The van der Waals surface area contributed by atoms with Gasteiger partial charge in [-0.15, -0.1) is 0 Å². The van der Waals surface area contributed by atoms with Gasteiger partial charge in [-0.3, -0.25) is 0 Å². The van der Waals surface area contributed by atoms with E-state index >= 15 is 0 Å². The average Bonchev–Trinajstić information content (AvgIpc) is 2.70. The van der Waals surface area contributed by atoms with Gasteiger partial charge in [0.05, 0.1) is 0 Å². The zero-order valence-corrected chi connectivity index (χ0v) is 8.97. The lowest BCUT2D eigenvalue weighted by Crippen LogP contribution is -2.40. The summed E-state index contributed by atoms with van der Waals surface area (Å²) < 4.78 is 0. The topological polar surface area (TPSA) is 3.24 Å². The molecule has 13 heavy (non-hydrogen) atoms. The Morgan fingerprint density at radius 2 is 1.69 bits per heavy atom. The molecule has 1 heteroatoms. The predicted molar refractivity (Wildman–Crippen MR) is 56.8 cm³/mol. The van der Waals surface area contributed by atoms with Crippen molar-refractivity contribution in [3.63, 3.8) is 0 Å². The molecule has 2 rings (SSSR count). The Labute approximate surface area is 82.5 Å². The Kier molecular flexibility index (Phi) is 3.26. The van der Waals surface area contributed by atoms with Crippen molar-refractivity contribution in [3.8, 4) is 0 Å². The zero-order valence-electron chi connectivity index (χ0n) is 8.97. The fourth-order valence-corrected chi connectivity index (χ4v) is 3.22. The maximum absolute atomic E-state index is 2.77. The predicted octanol–water partition coefficient (Wildman–Crippen LogP) is 3.05. The van der Waals surface area contributed by atoms with Crippen LogP contribution in [0.5, 0.6) is 0 Å². The second-order valence-corrected chi connectivity index (χ2v) is 4.76. The second-order valence-electron chi connectivity index (χ2n) is 4.76. The van der Waals surface area contributed by atoms with Crippen molar-refractivity contribution in [3.05, 3.63) is 0 Å². The van der Waals surface area contributed by atoms with E-state index in [1.807, 2.05) is 0 Å². The molecule has 76 valence electrons. The highest BCUT2D eigenvalue weighted by Crippen LogP contribution is 2.32. The molecule has 1 saturated carbocycles. The third-order valence-corrected chi connectivity index (χ3v) is 4.00. The van der Waals surface area contributed by atoms with Crippen molar-refractivity contribution >= 4 is 0 Å². The van der Waals surface area contributed by atoms with E-state index in [1.54, 1.807) is 0 Å². The molecule has 2 fully saturated rings. The highest BCUT2D eigenvalue weighted by atomic mass is 15.2. The number of nitrogens with zero attached hydrogens (tertiary/aromatic N) is 1. The van der Waals surface area contributed by atoms with Gasteiger partial charge in [-0.1, -0.05) is 26.2 Å². The van der Waals surface area contributed by atoms with Gasteiger partial charge in [0.1, 0.15) is 0 Å². The van der Waals surface area contributed by atoms with Crippen LogP contribution in [-0.2, 0) is 0 Å². The van der Waals surface area contributed by atoms with Crippen LogP contribution in [0.4, 0.5) is 0 Å². The fourth-order valence-electron chi connectivity index (χ4n) is 3.22. The Balaban J connectivity index is 1.93. The monoisotopic (exact) mass is 181 g/mol. The first-order valence-corrected chi connectivity index (χ1v) is 6.16. The maximum atomic E-state index is 2.77. The summed E-state index contributed by atoms with van der Waals surface area (Å²) in [5.41, 5.74) is 0. The van der Waals surface area contributed by atoms with Crippen LogP contribution in [0.2, 0.25) is 0 Å². The summed E-state index contributed by atoms with van der Waals surface area (Å²) in [5, 5.41) is 0. The van der Waals surface area contributed by atoms with Crippen molar-refractivity contribution in [2.24, 2.45) is 5.92 Å². The standard InChI is InChI=1S/C12H23N/c1-2-11-7-3-4-8-12(11)13-9-5-6-10-13/h11-12H,2-10H2,1H3/t11-,12+/m1/s1. The minimum Gasteiger partial charge on any atom is -0.300 e. The molecule has 2 aliphatic rings. The first-order chi connectivity index (χ1) is 6.42. The normalized spacial score (nSPS) is 36.7. The fraction of sp³-hybridized carbons (Fsp3) is 1.00. The SMILES string of the molecule is CC[C@@H]1CCCC[C@@H]1N1CCCC1. The van der Waals surface area contributed by atoms with Crippen LogP contribution in [0, 0.1) is 5.92 Å². The largest absolute Gasteiger partial charge is 0.300 e. The maximum Gasteiger partial charge on any atom is 0.0123 e. The summed E-state index contributed by atoms with van der Waals surface area (Å²) in [4.78, 5) is 2.77. The highest BCUT2D eigenvalue weighted by molar-refractivity contribution is 4.84. The third kappa shape index (κ3) is 2.07. The van der Waals surface area contributed by atoms with Crippen LogP contribution >= 0.6 is 0 Å². The van der Waals surface area contributed by atoms with E-state index in [9.17, 15) is 0 Å². The molecule has 1 aliphatic heterocycles. The van der Waals surface area contributed by atoms with Gasteiger partial charge in [0.15, 0.2) is 0 Å². The lowest BCUT2D eigenvalue weighted by atomic mass is 9.82. The van der Waals surface area contributed by atoms with Gasteiger partial charge in [0.2, 0.25) is 0 Å². The molecule has 0 N–H and O–H groups in total. The van der Waals surface area contributed by atoms with Gasteiger partial charge in [-0.25, -0.2) is 0 Å². The zero-order chi connectivity index (χ0) is 9.10.